The number of nitrogens with zero attached hydrogens (tertiary/aromatic N) is 1. The summed E-state index contributed by atoms with van der Waals surface area (Å²) < 4.78 is 4.17. The standard InChI is InChI=1S/C11H19N3OS/c1-11(2)4-3-7(5-11)8(6-12)9-13-10(15)16-14-9/h7-8H,3-6,12H2,1-2H3,(H,13,14,15)/t7?,8-/m0/s1. The van der Waals surface area contributed by atoms with E-state index < -0.39 is 0 Å². The monoisotopic (exact) mass is 241 g/mol. The summed E-state index contributed by atoms with van der Waals surface area (Å²) in [5.74, 6) is 1.58. The fraction of sp³-hybridized carbons (Fsp3) is 0.818. The maximum atomic E-state index is 11.1. The Kier molecular flexibility index (Phi) is 3.17. The third-order valence-electron chi connectivity index (χ3n) is 3.64. The van der Waals surface area contributed by atoms with Gasteiger partial charge in [0.25, 0.3) is 0 Å². The van der Waals surface area contributed by atoms with Gasteiger partial charge in [-0.25, -0.2) is 0 Å². The zero-order chi connectivity index (χ0) is 11.8. The predicted octanol–water partition coefficient (Wildman–Crippen LogP) is 1.70. The van der Waals surface area contributed by atoms with Crippen LogP contribution in [0.4, 0.5) is 0 Å². The number of aromatic nitrogens is 2. The van der Waals surface area contributed by atoms with E-state index in [2.05, 4.69) is 23.2 Å². The Bertz CT molecular complexity index is 409. The van der Waals surface area contributed by atoms with Crippen molar-refractivity contribution in [1.29, 1.82) is 0 Å². The molecule has 1 aromatic heterocycles. The second-order valence-electron chi connectivity index (χ2n) is 5.49. The predicted molar refractivity (Wildman–Crippen MR) is 65.7 cm³/mol. The molecule has 0 amide bonds. The van der Waals surface area contributed by atoms with Crippen LogP contribution in [-0.2, 0) is 0 Å². The van der Waals surface area contributed by atoms with Gasteiger partial charge in [0.2, 0.25) is 0 Å². The van der Waals surface area contributed by atoms with E-state index >= 15 is 0 Å². The molecule has 1 aliphatic rings. The van der Waals surface area contributed by atoms with E-state index in [4.69, 9.17) is 5.73 Å². The quantitative estimate of drug-likeness (QED) is 0.846. The van der Waals surface area contributed by atoms with Gasteiger partial charge in [0.05, 0.1) is 0 Å². The van der Waals surface area contributed by atoms with Crippen LogP contribution in [0.1, 0.15) is 44.9 Å². The van der Waals surface area contributed by atoms with Gasteiger partial charge in [-0.3, -0.25) is 9.78 Å². The molecule has 2 atom stereocenters. The third kappa shape index (κ3) is 2.35. The highest BCUT2D eigenvalue weighted by Crippen LogP contribution is 2.45. The van der Waals surface area contributed by atoms with E-state index in [1.165, 1.54) is 19.3 Å². The molecule has 90 valence electrons. The van der Waals surface area contributed by atoms with Crippen molar-refractivity contribution in [2.24, 2.45) is 17.1 Å². The van der Waals surface area contributed by atoms with E-state index in [0.717, 1.165) is 17.4 Å². The lowest BCUT2D eigenvalue weighted by atomic mass is 9.85. The number of rotatable bonds is 3. The van der Waals surface area contributed by atoms with Crippen LogP contribution < -0.4 is 10.6 Å². The Hall–Kier alpha value is -0.680. The Morgan fingerprint density at radius 1 is 1.69 bits per heavy atom. The van der Waals surface area contributed by atoms with Crippen molar-refractivity contribution in [3.05, 3.63) is 15.5 Å². The average molecular weight is 241 g/mol. The van der Waals surface area contributed by atoms with Crippen LogP contribution in [0.5, 0.6) is 0 Å². The molecule has 0 saturated heterocycles. The molecule has 4 nitrogen and oxygen atoms in total. The lowest BCUT2D eigenvalue weighted by Crippen LogP contribution is -2.22. The summed E-state index contributed by atoms with van der Waals surface area (Å²) in [6.45, 7) is 5.16. The van der Waals surface area contributed by atoms with Gasteiger partial charge in [0.1, 0.15) is 5.82 Å². The third-order valence-corrected chi connectivity index (χ3v) is 4.19. The minimum atomic E-state index is -0.0780. The molecular formula is C11H19N3OS. The van der Waals surface area contributed by atoms with Crippen LogP contribution in [0.2, 0.25) is 0 Å². The SMILES string of the molecule is CC1(C)CCC([C@H](CN)c2nsc(=O)[nH]2)C1. The molecule has 1 saturated carbocycles. The molecule has 0 aromatic carbocycles. The molecule has 0 radical (unpaired) electrons. The number of H-pyrrole nitrogens is 1. The Balaban J connectivity index is 2.15. The van der Waals surface area contributed by atoms with Crippen LogP contribution in [0.15, 0.2) is 4.79 Å². The molecule has 1 heterocycles. The molecular weight excluding hydrogens is 222 g/mol. The molecule has 2 rings (SSSR count). The van der Waals surface area contributed by atoms with Crippen LogP contribution in [-0.4, -0.2) is 15.9 Å². The largest absolute Gasteiger partial charge is 0.330 e. The lowest BCUT2D eigenvalue weighted by molar-refractivity contribution is 0.336. The van der Waals surface area contributed by atoms with E-state index in [0.29, 0.717) is 17.9 Å². The number of hydrogen-bond donors (Lipinski definition) is 2. The normalized spacial score (nSPS) is 25.8. The Labute approximate surface area is 99.4 Å². The average Bonchev–Trinajstić information content (AvgIpc) is 2.75. The zero-order valence-electron chi connectivity index (χ0n) is 9.82. The summed E-state index contributed by atoms with van der Waals surface area (Å²) >= 11 is 0.990. The summed E-state index contributed by atoms with van der Waals surface area (Å²) in [7, 11) is 0. The van der Waals surface area contributed by atoms with Crippen molar-refractivity contribution in [3.8, 4) is 0 Å². The highest BCUT2D eigenvalue weighted by Gasteiger charge is 2.36. The van der Waals surface area contributed by atoms with Crippen LogP contribution in [0.25, 0.3) is 0 Å². The highest BCUT2D eigenvalue weighted by atomic mass is 32.1. The van der Waals surface area contributed by atoms with E-state index in [-0.39, 0.29) is 10.8 Å². The van der Waals surface area contributed by atoms with Gasteiger partial charge >= 0.3 is 4.87 Å². The molecule has 0 spiro atoms. The van der Waals surface area contributed by atoms with Crippen molar-refractivity contribution in [1.82, 2.24) is 9.36 Å². The number of nitrogens with one attached hydrogen (secondary N) is 1. The molecule has 16 heavy (non-hydrogen) atoms. The molecule has 1 fully saturated rings. The van der Waals surface area contributed by atoms with Crippen molar-refractivity contribution in [2.75, 3.05) is 6.54 Å². The fourth-order valence-electron chi connectivity index (χ4n) is 2.76. The first-order valence-corrected chi connectivity index (χ1v) is 6.55. The second-order valence-corrected chi connectivity index (χ2v) is 6.23. The molecule has 0 bridgehead atoms. The topological polar surface area (TPSA) is 71.8 Å². The van der Waals surface area contributed by atoms with Gasteiger partial charge in [-0.1, -0.05) is 13.8 Å². The maximum absolute atomic E-state index is 11.1. The van der Waals surface area contributed by atoms with Crippen molar-refractivity contribution < 1.29 is 0 Å². The summed E-state index contributed by atoms with van der Waals surface area (Å²) in [5, 5.41) is 0. The van der Waals surface area contributed by atoms with Gasteiger partial charge < -0.3 is 5.73 Å². The van der Waals surface area contributed by atoms with Gasteiger partial charge in [-0.2, -0.15) is 4.37 Å². The van der Waals surface area contributed by atoms with Gasteiger partial charge in [0.15, 0.2) is 0 Å². The molecule has 1 aromatic rings. The first-order valence-electron chi connectivity index (χ1n) is 5.78. The molecule has 5 heteroatoms. The summed E-state index contributed by atoms with van der Waals surface area (Å²) in [4.78, 5) is 13.8. The number of aromatic amines is 1. The number of nitrogens with two attached hydrogens (primary N) is 1. The minimum absolute atomic E-state index is 0.0780. The smallest absolute Gasteiger partial charge is 0.323 e. The lowest BCUT2D eigenvalue weighted by Gasteiger charge is -2.22. The minimum Gasteiger partial charge on any atom is -0.330 e. The van der Waals surface area contributed by atoms with Gasteiger partial charge in [-0.15, -0.1) is 0 Å². The van der Waals surface area contributed by atoms with Gasteiger partial charge in [0, 0.05) is 24.0 Å². The van der Waals surface area contributed by atoms with Crippen molar-refractivity contribution >= 4 is 11.5 Å². The Morgan fingerprint density at radius 3 is 2.88 bits per heavy atom. The molecule has 1 unspecified atom stereocenters. The highest BCUT2D eigenvalue weighted by molar-refractivity contribution is 7.02. The summed E-state index contributed by atoms with van der Waals surface area (Å²) in [5.41, 5.74) is 6.24. The number of hydrogen-bond acceptors (Lipinski definition) is 4. The molecule has 0 aliphatic heterocycles. The maximum Gasteiger partial charge on any atom is 0.323 e. The van der Waals surface area contributed by atoms with Crippen LogP contribution in [0.3, 0.4) is 0 Å². The van der Waals surface area contributed by atoms with E-state index in [1.807, 2.05) is 0 Å². The van der Waals surface area contributed by atoms with Crippen molar-refractivity contribution in [3.63, 3.8) is 0 Å². The summed E-state index contributed by atoms with van der Waals surface area (Å²) in [6.07, 6.45) is 3.60. The van der Waals surface area contributed by atoms with Crippen LogP contribution >= 0.6 is 11.5 Å². The zero-order valence-corrected chi connectivity index (χ0v) is 10.6. The first kappa shape index (κ1) is 11.8. The fourth-order valence-corrected chi connectivity index (χ4v) is 3.27. The Morgan fingerprint density at radius 2 is 2.44 bits per heavy atom. The van der Waals surface area contributed by atoms with Crippen LogP contribution in [0, 0.1) is 11.3 Å². The van der Waals surface area contributed by atoms with Gasteiger partial charge in [-0.05, 0) is 30.6 Å². The van der Waals surface area contributed by atoms with E-state index in [1.54, 1.807) is 0 Å². The first-order chi connectivity index (χ1) is 7.52. The van der Waals surface area contributed by atoms with E-state index in [9.17, 15) is 4.79 Å². The molecule has 3 N–H and O–H groups in total. The second kappa shape index (κ2) is 4.30. The van der Waals surface area contributed by atoms with Crippen molar-refractivity contribution in [2.45, 2.75) is 39.0 Å². The molecule has 1 aliphatic carbocycles. The summed E-state index contributed by atoms with van der Waals surface area (Å²) in [6, 6.07) is 0.